The van der Waals surface area contributed by atoms with Crippen LogP contribution in [-0.4, -0.2) is 16.1 Å². The highest BCUT2D eigenvalue weighted by Gasteiger charge is 2.22. The minimum atomic E-state index is -1.21. The average molecular weight is 314 g/mol. The van der Waals surface area contributed by atoms with Crippen molar-refractivity contribution in [2.45, 2.75) is 13.3 Å². The maximum absolute atomic E-state index is 13.7. The maximum Gasteiger partial charge on any atom is 0.373 e. The molecule has 0 saturated heterocycles. The molecule has 0 radical (unpaired) electrons. The van der Waals surface area contributed by atoms with Gasteiger partial charge in [0.05, 0.1) is 11.3 Å². The van der Waals surface area contributed by atoms with Crippen molar-refractivity contribution in [3.8, 4) is 11.5 Å². The number of hydrogen-bond donors (Lipinski definition) is 1. The van der Waals surface area contributed by atoms with Crippen LogP contribution in [0, 0.1) is 5.82 Å². The number of aromatic nitrogens is 1. The number of halogens is 2. The molecular weight excluding hydrogens is 305 g/mol. The summed E-state index contributed by atoms with van der Waals surface area (Å²) >= 11 is 3.19. The van der Waals surface area contributed by atoms with Gasteiger partial charge in [0.25, 0.3) is 0 Å². The molecule has 0 amide bonds. The van der Waals surface area contributed by atoms with Gasteiger partial charge in [0.2, 0.25) is 11.7 Å². The van der Waals surface area contributed by atoms with Gasteiger partial charge in [0.15, 0.2) is 0 Å². The Labute approximate surface area is 111 Å². The third-order valence-electron chi connectivity index (χ3n) is 2.40. The van der Waals surface area contributed by atoms with Crippen molar-refractivity contribution in [3.63, 3.8) is 0 Å². The van der Waals surface area contributed by atoms with Crippen molar-refractivity contribution in [2.24, 2.45) is 0 Å². The van der Waals surface area contributed by atoms with Gasteiger partial charge in [-0.15, -0.1) is 0 Å². The van der Waals surface area contributed by atoms with Crippen LogP contribution in [-0.2, 0) is 6.42 Å². The minimum Gasteiger partial charge on any atom is -0.475 e. The number of hydrogen-bond acceptors (Lipinski definition) is 3. The first-order chi connectivity index (χ1) is 8.54. The summed E-state index contributed by atoms with van der Waals surface area (Å²) in [6.07, 6.45) is 0.400. The Bertz CT molecular complexity index is 589. The maximum atomic E-state index is 13.7. The molecule has 1 heterocycles. The highest BCUT2D eigenvalue weighted by Crippen LogP contribution is 2.31. The number of aryl methyl sites for hydroxylation is 1. The number of rotatable bonds is 3. The summed E-state index contributed by atoms with van der Waals surface area (Å²) in [4.78, 5) is 15.0. The van der Waals surface area contributed by atoms with E-state index in [1.54, 1.807) is 13.0 Å². The number of carbonyl (C=O) groups is 1. The lowest BCUT2D eigenvalue weighted by Gasteiger charge is -2.00. The van der Waals surface area contributed by atoms with Gasteiger partial charge >= 0.3 is 5.97 Å². The monoisotopic (exact) mass is 313 g/mol. The molecule has 1 aromatic carbocycles. The average Bonchev–Trinajstić information content (AvgIpc) is 2.73. The second kappa shape index (κ2) is 4.89. The summed E-state index contributed by atoms with van der Waals surface area (Å²) in [6, 6.07) is 4.43. The second-order valence-corrected chi connectivity index (χ2v) is 4.40. The highest BCUT2D eigenvalue weighted by molar-refractivity contribution is 9.10. The largest absolute Gasteiger partial charge is 0.475 e. The summed E-state index contributed by atoms with van der Waals surface area (Å²) in [5, 5.41) is 8.96. The van der Waals surface area contributed by atoms with E-state index in [-0.39, 0.29) is 17.2 Å². The van der Waals surface area contributed by atoms with Crippen molar-refractivity contribution < 1.29 is 18.7 Å². The molecular formula is C12H9BrFNO3. The Morgan fingerprint density at radius 3 is 2.78 bits per heavy atom. The SMILES string of the molecule is CCc1nc(-c2c(F)cccc2Br)oc1C(=O)O. The fourth-order valence-electron chi connectivity index (χ4n) is 1.57. The molecule has 6 heteroatoms. The topological polar surface area (TPSA) is 63.3 Å². The van der Waals surface area contributed by atoms with E-state index in [0.717, 1.165) is 0 Å². The molecule has 0 aliphatic rings. The van der Waals surface area contributed by atoms with E-state index < -0.39 is 11.8 Å². The Kier molecular flexibility index (Phi) is 3.47. The Balaban J connectivity index is 2.62. The zero-order valence-corrected chi connectivity index (χ0v) is 11.0. The fraction of sp³-hybridized carbons (Fsp3) is 0.167. The molecule has 0 atom stereocenters. The second-order valence-electron chi connectivity index (χ2n) is 3.55. The summed E-state index contributed by atoms with van der Waals surface area (Å²) in [5.74, 6) is -2.01. The molecule has 4 nitrogen and oxygen atoms in total. The van der Waals surface area contributed by atoms with E-state index in [1.807, 2.05) is 0 Å². The number of nitrogens with zero attached hydrogens (tertiary/aromatic N) is 1. The molecule has 1 N–H and O–H groups in total. The number of oxazole rings is 1. The van der Waals surface area contributed by atoms with Gasteiger partial charge in [-0.25, -0.2) is 14.2 Å². The van der Waals surface area contributed by atoms with Crippen molar-refractivity contribution in [1.29, 1.82) is 0 Å². The lowest BCUT2D eigenvalue weighted by Crippen LogP contribution is -1.98. The third kappa shape index (κ3) is 2.15. The molecule has 94 valence electrons. The first kappa shape index (κ1) is 12.8. The molecule has 0 saturated carbocycles. The van der Waals surface area contributed by atoms with Crippen molar-refractivity contribution in [2.75, 3.05) is 0 Å². The van der Waals surface area contributed by atoms with E-state index in [9.17, 15) is 9.18 Å². The molecule has 0 aliphatic carbocycles. The van der Waals surface area contributed by atoms with E-state index in [0.29, 0.717) is 16.6 Å². The molecule has 0 aliphatic heterocycles. The predicted octanol–water partition coefficient (Wildman–Crippen LogP) is 3.50. The van der Waals surface area contributed by atoms with Gasteiger partial charge in [-0.1, -0.05) is 13.0 Å². The van der Waals surface area contributed by atoms with Crippen LogP contribution in [0.1, 0.15) is 23.2 Å². The van der Waals surface area contributed by atoms with Gasteiger partial charge in [-0.2, -0.15) is 0 Å². The van der Waals surface area contributed by atoms with Crippen molar-refractivity contribution in [1.82, 2.24) is 4.98 Å². The quantitative estimate of drug-likeness (QED) is 0.942. The Morgan fingerprint density at radius 1 is 1.56 bits per heavy atom. The summed E-state index contributed by atoms with van der Waals surface area (Å²) < 4.78 is 19.3. The van der Waals surface area contributed by atoms with Crippen LogP contribution in [0.4, 0.5) is 4.39 Å². The zero-order chi connectivity index (χ0) is 13.3. The molecule has 0 bridgehead atoms. The zero-order valence-electron chi connectivity index (χ0n) is 9.41. The van der Waals surface area contributed by atoms with E-state index >= 15 is 0 Å². The summed E-state index contributed by atoms with van der Waals surface area (Å²) in [7, 11) is 0. The van der Waals surface area contributed by atoms with Crippen molar-refractivity contribution in [3.05, 3.63) is 39.9 Å². The summed E-state index contributed by atoms with van der Waals surface area (Å²) in [5.41, 5.74) is 0.423. The molecule has 0 fully saturated rings. The lowest BCUT2D eigenvalue weighted by molar-refractivity contribution is 0.0661. The third-order valence-corrected chi connectivity index (χ3v) is 3.06. The first-order valence-corrected chi connectivity index (χ1v) is 6.01. The van der Waals surface area contributed by atoms with Crippen LogP contribution in [0.5, 0.6) is 0 Å². The van der Waals surface area contributed by atoms with E-state index in [2.05, 4.69) is 20.9 Å². The van der Waals surface area contributed by atoms with Gasteiger partial charge in [0, 0.05) is 4.47 Å². The number of carboxylic acids is 1. The van der Waals surface area contributed by atoms with Crippen LogP contribution >= 0.6 is 15.9 Å². The Hall–Kier alpha value is -1.69. The predicted molar refractivity (Wildman–Crippen MR) is 65.9 cm³/mol. The van der Waals surface area contributed by atoms with Crippen LogP contribution in [0.2, 0.25) is 0 Å². The van der Waals surface area contributed by atoms with Crippen LogP contribution in [0.15, 0.2) is 27.1 Å². The normalized spacial score (nSPS) is 10.6. The number of benzene rings is 1. The van der Waals surface area contributed by atoms with Crippen LogP contribution in [0.3, 0.4) is 0 Å². The van der Waals surface area contributed by atoms with E-state index in [4.69, 9.17) is 9.52 Å². The molecule has 18 heavy (non-hydrogen) atoms. The van der Waals surface area contributed by atoms with Crippen LogP contribution in [0.25, 0.3) is 11.5 Å². The summed E-state index contributed by atoms with van der Waals surface area (Å²) in [6.45, 7) is 1.75. The number of carboxylic acid groups (broad SMARTS) is 1. The Morgan fingerprint density at radius 2 is 2.28 bits per heavy atom. The van der Waals surface area contributed by atoms with Crippen LogP contribution < -0.4 is 0 Å². The highest BCUT2D eigenvalue weighted by atomic mass is 79.9. The van der Waals surface area contributed by atoms with Gasteiger partial charge in [0.1, 0.15) is 5.82 Å². The van der Waals surface area contributed by atoms with Crippen molar-refractivity contribution >= 4 is 21.9 Å². The molecule has 1 aromatic heterocycles. The first-order valence-electron chi connectivity index (χ1n) is 5.22. The van der Waals surface area contributed by atoms with Gasteiger partial charge in [-0.3, -0.25) is 0 Å². The fourth-order valence-corrected chi connectivity index (χ4v) is 2.08. The smallest absolute Gasteiger partial charge is 0.373 e. The minimum absolute atomic E-state index is 0.0331. The molecule has 0 spiro atoms. The van der Waals surface area contributed by atoms with Gasteiger partial charge < -0.3 is 9.52 Å². The standard InChI is InChI=1S/C12H9BrFNO3/c1-2-8-10(12(16)17)18-11(15-8)9-6(13)4-3-5-7(9)14/h3-5H,2H2,1H3,(H,16,17). The molecule has 2 aromatic rings. The number of aromatic carboxylic acids is 1. The van der Waals surface area contributed by atoms with Gasteiger partial charge in [-0.05, 0) is 34.5 Å². The molecule has 0 unspecified atom stereocenters. The van der Waals surface area contributed by atoms with E-state index in [1.165, 1.54) is 12.1 Å². The molecule has 2 rings (SSSR count). The lowest BCUT2D eigenvalue weighted by atomic mass is 10.2.